The zero-order valence-electron chi connectivity index (χ0n) is 16.6. The molecule has 2 aromatic rings. The molecule has 1 atom stereocenters. The van der Waals surface area contributed by atoms with E-state index in [0.717, 1.165) is 5.56 Å². The Bertz CT molecular complexity index is 907. The standard InChI is InChI=1S/C19H25N5O4/c1-6-27-16-10-14(7-8-15(16)28-13(3)18(26)24(4)5)11-20-23-19-21-12(2)9-17(25)22-19/h7-11,13H,6H2,1-5H3,(H2,21,22,23,25)/b20-11-/t13-/m0/s1. The van der Waals surface area contributed by atoms with E-state index in [2.05, 4.69) is 20.5 Å². The summed E-state index contributed by atoms with van der Waals surface area (Å²) in [6.07, 6.45) is 0.919. The highest BCUT2D eigenvalue weighted by atomic mass is 16.5. The van der Waals surface area contributed by atoms with Gasteiger partial charge in [-0.15, -0.1) is 0 Å². The van der Waals surface area contributed by atoms with Gasteiger partial charge in [0.05, 0.1) is 12.8 Å². The first kappa shape index (κ1) is 20.9. The first-order valence-electron chi connectivity index (χ1n) is 8.82. The lowest BCUT2D eigenvalue weighted by Crippen LogP contribution is -2.35. The minimum Gasteiger partial charge on any atom is -0.490 e. The third-order valence-electron chi connectivity index (χ3n) is 3.61. The van der Waals surface area contributed by atoms with Crippen molar-refractivity contribution in [1.82, 2.24) is 14.9 Å². The van der Waals surface area contributed by atoms with Crippen LogP contribution in [0.2, 0.25) is 0 Å². The maximum atomic E-state index is 12.0. The Morgan fingerprint density at radius 2 is 2.11 bits per heavy atom. The summed E-state index contributed by atoms with van der Waals surface area (Å²) in [6.45, 7) is 5.71. The number of anilines is 1. The van der Waals surface area contributed by atoms with Crippen molar-refractivity contribution in [2.75, 3.05) is 26.1 Å². The first-order chi connectivity index (χ1) is 13.3. The van der Waals surface area contributed by atoms with Gasteiger partial charge in [-0.3, -0.25) is 14.6 Å². The van der Waals surface area contributed by atoms with Gasteiger partial charge in [-0.05, 0) is 44.5 Å². The molecule has 1 heterocycles. The lowest BCUT2D eigenvalue weighted by molar-refractivity contribution is -0.135. The second-order valence-electron chi connectivity index (χ2n) is 6.24. The minimum atomic E-state index is -0.639. The molecule has 1 aromatic heterocycles. The van der Waals surface area contributed by atoms with Crippen molar-refractivity contribution in [2.45, 2.75) is 26.9 Å². The number of carbonyl (C=O) groups excluding carboxylic acids is 1. The Morgan fingerprint density at radius 1 is 1.36 bits per heavy atom. The van der Waals surface area contributed by atoms with Crippen LogP contribution in [0, 0.1) is 6.92 Å². The molecule has 9 heteroatoms. The predicted molar refractivity (Wildman–Crippen MR) is 107 cm³/mol. The van der Waals surface area contributed by atoms with Gasteiger partial charge in [0.15, 0.2) is 17.6 Å². The van der Waals surface area contributed by atoms with Gasteiger partial charge in [0.25, 0.3) is 11.5 Å². The van der Waals surface area contributed by atoms with Gasteiger partial charge in [-0.2, -0.15) is 5.10 Å². The molecule has 28 heavy (non-hydrogen) atoms. The van der Waals surface area contributed by atoms with Gasteiger partial charge in [0, 0.05) is 25.9 Å². The number of nitrogens with zero attached hydrogens (tertiary/aromatic N) is 3. The van der Waals surface area contributed by atoms with Crippen LogP contribution in [0.1, 0.15) is 25.1 Å². The average molecular weight is 387 g/mol. The van der Waals surface area contributed by atoms with E-state index in [1.165, 1.54) is 11.0 Å². The molecule has 1 amide bonds. The summed E-state index contributed by atoms with van der Waals surface area (Å²) in [5.74, 6) is 1.09. The third kappa shape index (κ3) is 5.83. The summed E-state index contributed by atoms with van der Waals surface area (Å²) in [5.41, 5.74) is 3.75. The smallest absolute Gasteiger partial charge is 0.262 e. The minimum absolute atomic E-state index is 0.142. The Balaban J connectivity index is 2.14. The summed E-state index contributed by atoms with van der Waals surface area (Å²) in [5, 5.41) is 4.07. The van der Waals surface area contributed by atoms with Crippen molar-refractivity contribution >= 4 is 18.1 Å². The first-order valence-corrected chi connectivity index (χ1v) is 8.82. The molecule has 0 aliphatic rings. The number of ether oxygens (including phenoxy) is 2. The number of nitrogens with one attached hydrogen (secondary N) is 2. The number of hydrogen-bond acceptors (Lipinski definition) is 7. The second kappa shape index (κ2) is 9.54. The van der Waals surface area contributed by atoms with Crippen LogP contribution in [0.5, 0.6) is 11.5 Å². The fraction of sp³-hybridized carbons (Fsp3) is 0.368. The largest absolute Gasteiger partial charge is 0.490 e. The summed E-state index contributed by atoms with van der Waals surface area (Å²) in [6, 6.07) is 6.65. The third-order valence-corrected chi connectivity index (χ3v) is 3.61. The fourth-order valence-corrected chi connectivity index (χ4v) is 2.38. The number of benzene rings is 1. The van der Waals surface area contributed by atoms with Crippen LogP contribution in [0.4, 0.5) is 5.95 Å². The van der Waals surface area contributed by atoms with E-state index in [4.69, 9.17) is 9.47 Å². The molecule has 2 rings (SSSR count). The lowest BCUT2D eigenvalue weighted by atomic mass is 10.2. The van der Waals surface area contributed by atoms with E-state index in [0.29, 0.717) is 23.8 Å². The summed E-state index contributed by atoms with van der Waals surface area (Å²) < 4.78 is 11.4. The summed E-state index contributed by atoms with van der Waals surface area (Å²) in [7, 11) is 3.35. The van der Waals surface area contributed by atoms with Gasteiger partial charge in [-0.25, -0.2) is 10.4 Å². The number of hydrazone groups is 1. The number of aryl methyl sites for hydroxylation is 1. The van der Waals surface area contributed by atoms with Crippen molar-refractivity contribution < 1.29 is 14.3 Å². The zero-order valence-corrected chi connectivity index (χ0v) is 16.6. The topological polar surface area (TPSA) is 109 Å². The molecule has 0 bridgehead atoms. The Morgan fingerprint density at radius 3 is 2.75 bits per heavy atom. The van der Waals surface area contributed by atoms with E-state index in [-0.39, 0.29) is 17.4 Å². The van der Waals surface area contributed by atoms with Crippen molar-refractivity contribution in [3.8, 4) is 11.5 Å². The fourth-order valence-electron chi connectivity index (χ4n) is 2.38. The van der Waals surface area contributed by atoms with E-state index < -0.39 is 6.10 Å². The van der Waals surface area contributed by atoms with E-state index in [1.807, 2.05) is 6.92 Å². The zero-order chi connectivity index (χ0) is 20.7. The molecule has 2 N–H and O–H groups in total. The van der Waals surface area contributed by atoms with Crippen LogP contribution in [0.3, 0.4) is 0 Å². The molecule has 1 aromatic carbocycles. The van der Waals surface area contributed by atoms with Crippen molar-refractivity contribution in [3.63, 3.8) is 0 Å². The highest BCUT2D eigenvalue weighted by Gasteiger charge is 2.18. The molecule has 0 fully saturated rings. The van der Waals surface area contributed by atoms with Crippen molar-refractivity contribution in [2.24, 2.45) is 5.10 Å². The highest BCUT2D eigenvalue weighted by Crippen LogP contribution is 2.29. The van der Waals surface area contributed by atoms with Gasteiger partial charge >= 0.3 is 0 Å². The quantitative estimate of drug-likeness (QED) is 0.528. The molecule has 0 saturated carbocycles. The molecular weight excluding hydrogens is 362 g/mol. The SMILES string of the molecule is CCOc1cc(/C=N\Nc2nc(C)cc(=O)[nH]2)ccc1O[C@@H](C)C(=O)N(C)C. The van der Waals surface area contributed by atoms with E-state index in [1.54, 1.807) is 52.4 Å². The Hall–Kier alpha value is -3.36. The Kier molecular flexibility index (Phi) is 7.14. The maximum Gasteiger partial charge on any atom is 0.262 e. The molecule has 9 nitrogen and oxygen atoms in total. The van der Waals surface area contributed by atoms with Crippen LogP contribution < -0.4 is 20.5 Å². The van der Waals surface area contributed by atoms with Crippen LogP contribution in [0.15, 0.2) is 34.2 Å². The van der Waals surface area contributed by atoms with Crippen molar-refractivity contribution in [3.05, 3.63) is 45.9 Å². The molecule has 0 aliphatic heterocycles. The van der Waals surface area contributed by atoms with Crippen molar-refractivity contribution in [1.29, 1.82) is 0 Å². The number of aromatic amines is 1. The van der Waals surface area contributed by atoms with Crippen LogP contribution >= 0.6 is 0 Å². The normalized spacial score (nSPS) is 11.9. The summed E-state index contributed by atoms with van der Waals surface area (Å²) >= 11 is 0. The molecule has 0 radical (unpaired) electrons. The van der Waals surface area contributed by atoms with Gasteiger partial charge in [-0.1, -0.05) is 0 Å². The van der Waals surface area contributed by atoms with Crippen LogP contribution in [-0.4, -0.2) is 53.8 Å². The number of likely N-dealkylation sites (N-methyl/N-ethyl adjacent to an activating group) is 1. The van der Waals surface area contributed by atoms with E-state index >= 15 is 0 Å². The molecule has 0 spiro atoms. The Labute approximate surface area is 163 Å². The highest BCUT2D eigenvalue weighted by molar-refractivity contribution is 5.82. The average Bonchev–Trinajstić information content (AvgIpc) is 2.62. The molecule has 0 unspecified atom stereocenters. The van der Waals surface area contributed by atoms with Gasteiger partial charge < -0.3 is 14.4 Å². The number of hydrogen-bond donors (Lipinski definition) is 2. The second-order valence-corrected chi connectivity index (χ2v) is 6.24. The monoisotopic (exact) mass is 387 g/mol. The lowest BCUT2D eigenvalue weighted by Gasteiger charge is -2.20. The number of H-pyrrole nitrogens is 1. The van der Waals surface area contributed by atoms with Gasteiger partial charge in [0.2, 0.25) is 5.95 Å². The predicted octanol–water partition coefficient (Wildman–Crippen LogP) is 1.78. The number of aromatic nitrogens is 2. The van der Waals surface area contributed by atoms with E-state index in [9.17, 15) is 9.59 Å². The molecular formula is C19H25N5O4. The van der Waals surface area contributed by atoms with Crippen LogP contribution in [-0.2, 0) is 4.79 Å². The summed E-state index contributed by atoms with van der Waals surface area (Å²) in [4.78, 5) is 31.6. The number of amides is 1. The van der Waals surface area contributed by atoms with Gasteiger partial charge in [0.1, 0.15) is 0 Å². The van der Waals surface area contributed by atoms with Crippen LogP contribution in [0.25, 0.3) is 0 Å². The number of rotatable bonds is 8. The maximum absolute atomic E-state index is 12.0. The molecule has 150 valence electrons. The molecule has 0 saturated heterocycles. The number of carbonyl (C=O) groups is 1. The molecule has 0 aliphatic carbocycles.